The van der Waals surface area contributed by atoms with Crippen LogP contribution < -0.4 is 5.32 Å². The molecule has 0 bridgehead atoms. The number of carbonyl (C=O) groups excluding carboxylic acids is 2. The van der Waals surface area contributed by atoms with Crippen molar-refractivity contribution in [2.75, 3.05) is 5.75 Å². The zero-order valence-corrected chi connectivity index (χ0v) is 13.3. The predicted octanol–water partition coefficient (Wildman–Crippen LogP) is 3.67. The highest BCUT2D eigenvalue weighted by atomic mass is 32.2. The van der Waals surface area contributed by atoms with Crippen LogP contribution >= 0.6 is 11.8 Å². The maximum atomic E-state index is 11.7. The fraction of sp³-hybridized carbons (Fsp3) is 0.294. The molecular formula is C17H19NO3S. The minimum absolute atomic E-state index is 0.0486. The van der Waals surface area contributed by atoms with Gasteiger partial charge in [0.05, 0.1) is 18.6 Å². The zero-order valence-electron chi connectivity index (χ0n) is 12.5. The van der Waals surface area contributed by atoms with Crippen LogP contribution in [0.15, 0.2) is 52.0 Å². The Labute approximate surface area is 134 Å². The van der Waals surface area contributed by atoms with Gasteiger partial charge in [0.25, 0.3) is 0 Å². The Morgan fingerprint density at radius 1 is 1.18 bits per heavy atom. The number of Topliss-reactive ketones (excluding diaryl/α,β-unsaturated/α-hetero) is 1. The molecule has 0 radical (unpaired) electrons. The second-order valence-corrected chi connectivity index (χ2v) is 5.89. The lowest BCUT2D eigenvalue weighted by molar-refractivity contribution is -0.118. The van der Waals surface area contributed by atoms with E-state index in [9.17, 15) is 9.59 Å². The van der Waals surface area contributed by atoms with E-state index in [2.05, 4.69) is 5.32 Å². The molecule has 0 saturated heterocycles. The van der Waals surface area contributed by atoms with Crippen LogP contribution in [0, 0.1) is 0 Å². The molecule has 1 heterocycles. The first-order valence-electron chi connectivity index (χ1n) is 7.24. The lowest BCUT2D eigenvalue weighted by Gasteiger charge is -2.04. The quantitative estimate of drug-likeness (QED) is 0.596. The molecule has 1 amide bonds. The third-order valence-electron chi connectivity index (χ3n) is 3.06. The van der Waals surface area contributed by atoms with Crippen molar-refractivity contribution >= 4 is 23.5 Å². The summed E-state index contributed by atoms with van der Waals surface area (Å²) >= 11 is 1.45. The zero-order chi connectivity index (χ0) is 15.8. The third kappa shape index (κ3) is 5.07. The minimum Gasteiger partial charge on any atom is -0.467 e. The van der Waals surface area contributed by atoms with Crippen molar-refractivity contribution in [3.63, 3.8) is 0 Å². The third-order valence-corrected chi connectivity index (χ3v) is 4.08. The van der Waals surface area contributed by atoms with Crippen LogP contribution in [-0.2, 0) is 11.3 Å². The topological polar surface area (TPSA) is 59.3 Å². The maximum absolute atomic E-state index is 11.7. The molecule has 0 spiro atoms. The Kier molecular flexibility index (Phi) is 6.27. The molecule has 4 nitrogen and oxygen atoms in total. The van der Waals surface area contributed by atoms with E-state index < -0.39 is 0 Å². The van der Waals surface area contributed by atoms with Crippen molar-refractivity contribution < 1.29 is 14.0 Å². The number of ketones is 1. The highest BCUT2D eigenvalue weighted by molar-refractivity contribution is 8.00. The van der Waals surface area contributed by atoms with Crippen molar-refractivity contribution in [3.05, 3.63) is 54.0 Å². The Bertz CT molecular complexity index is 605. The largest absolute Gasteiger partial charge is 0.467 e. The molecule has 2 rings (SSSR count). The lowest BCUT2D eigenvalue weighted by Crippen LogP contribution is -2.24. The van der Waals surface area contributed by atoms with E-state index in [0.717, 1.165) is 22.6 Å². The number of hydrogen-bond acceptors (Lipinski definition) is 4. The number of nitrogens with one attached hydrogen (secondary N) is 1. The molecule has 0 aliphatic carbocycles. The standard InChI is InChI=1S/C17H19NO3S/c1-2-4-16(19)13-6-8-15(9-7-13)22-12-17(20)18-11-14-5-3-10-21-14/h3,5-10H,2,4,11-12H2,1H3,(H,18,20). The van der Waals surface area contributed by atoms with Crippen LogP contribution in [0.2, 0.25) is 0 Å². The van der Waals surface area contributed by atoms with Gasteiger partial charge in [0, 0.05) is 16.9 Å². The molecule has 0 unspecified atom stereocenters. The van der Waals surface area contributed by atoms with Gasteiger partial charge >= 0.3 is 0 Å². The van der Waals surface area contributed by atoms with Gasteiger partial charge in [0.2, 0.25) is 5.91 Å². The molecule has 0 aliphatic rings. The average Bonchev–Trinajstić information content (AvgIpc) is 3.05. The van der Waals surface area contributed by atoms with E-state index in [1.54, 1.807) is 12.3 Å². The maximum Gasteiger partial charge on any atom is 0.230 e. The summed E-state index contributed by atoms with van der Waals surface area (Å²) in [5.41, 5.74) is 0.730. The molecule has 1 N–H and O–H groups in total. The molecule has 5 heteroatoms. The molecule has 0 aliphatic heterocycles. The smallest absolute Gasteiger partial charge is 0.230 e. The second-order valence-electron chi connectivity index (χ2n) is 4.84. The SMILES string of the molecule is CCCC(=O)c1ccc(SCC(=O)NCc2ccco2)cc1. The summed E-state index contributed by atoms with van der Waals surface area (Å²) < 4.78 is 5.15. The average molecular weight is 317 g/mol. The van der Waals surface area contributed by atoms with Gasteiger partial charge in [-0.05, 0) is 30.7 Å². The molecule has 1 aromatic heterocycles. The number of furan rings is 1. The highest BCUT2D eigenvalue weighted by Gasteiger charge is 2.06. The molecule has 116 valence electrons. The van der Waals surface area contributed by atoms with Gasteiger partial charge in [-0.3, -0.25) is 9.59 Å². The van der Waals surface area contributed by atoms with Crippen LogP contribution in [0.3, 0.4) is 0 Å². The second kappa shape index (κ2) is 8.44. The first-order chi connectivity index (χ1) is 10.7. The van der Waals surface area contributed by atoms with E-state index in [0.29, 0.717) is 18.7 Å². The van der Waals surface area contributed by atoms with E-state index in [4.69, 9.17) is 4.42 Å². The summed E-state index contributed by atoms with van der Waals surface area (Å²) in [6.45, 7) is 2.39. The van der Waals surface area contributed by atoms with E-state index >= 15 is 0 Å². The fourth-order valence-corrected chi connectivity index (χ4v) is 2.64. The first-order valence-corrected chi connectivity index (χ1v) is 8.22. The Morgan fingerprint density at radius 2 is 1.95 bits per heavy atom. The summed E-state index contributed by atoms with van der Waals surface area (Å²) in [4.78, 5) is 24.5. The summed E-state index contributed by atoms with van der Waals surface area (Å²) in [5, 5.41) is 2.79. The number of hydrogen-bond donors (Lipinski definition) is 1. The van der Waals surface area contributed by atoms with E-state index in [1.165, 1.54) is 11.8 Å². The predicted molar refractivity (Wildman–Crippen MR) is 87.0 cm³/mol. The van der Waals surface area contributed by atoms with E-state index in [-0.39, 0.29) is 11.7 Å². The van der Waals surface area contributed by atoms with Crippen LogP contribution in [0.25, 0.3) is 0 Å². The van der Waals surface area contributed by atoms with Crippen LogP contribution in [0.1, 0.15) is 35.9 Å². The van der Waals surface area contributed by atoms with Gasteiger partial charge in [-0.25, -0.2) is 0 Å². The van der Waals surface area contributed by atoms with Gasteiger partial charge in [-0.1, -0.05) is 19.1 Å². The van der Waals surface area contributed by atoms with Crippen LogP contribution in [-0.4, -0.2) is 17.4 Å². The molecule has 0 saturated carbocycles. The summed E-state index contributed by atoms with van der Waals surface area (Å²) in [5.74, 6) is 1.18. The van der Waals surface area contributed by atoms with Gasteiger partial charge in [0.1, 0.15) is 5.76 Å². The Morgan fingerprint density at radius 3 is 2.59 bits per heavy atom. The fourth-order valence-electron chi connectivity index (χ4n) is 1.91. The number of amides is 1. The Balaban J connectivity index is 1.76. The lowest BCUT2D eigenvalue weighted by atomic mass is 10.1. The normalized spacial score (nSPS) is 10.4. The molecular weight excluding hydrogens is 298 g/mol. The van der Waals surface area contributed by atoms with Gasteiger partial charge < -0.3 is 9.73 Å². The summed E-state index contributed by atoms with van der Waals surface area (Å²) in [6, 6.07) is 11.0. The first kappa shape index (κ1) is 16.4. The summed E-state index contributed by atoms with van der Waals surface area (Å²) in [6.07, 6.45) is 3.00. The monoisotopic (exact) mass is 317 g/mol. The van der Waals surface area contributed by atoms with Gasteiger partial charge in [0.15, 0.2) is 5.78 Å². The summed E-state index contributed by atoms with van der Waals surface area (Å²) in [7, 11) is 0. The highest BCUT2D eigenvalue weighted by Crippen LogP contribution is 2.19. The minimum atomic E-state index is -0.0486. The van der Waals surface area contributed by atoms with Crippen molar-refractivity contribution in [1.29, 1.82) is 0 Å². The number of carbonyl (C=O) groups is 2. The van der Waals surface area contributed by atoms with Crippen LogP contribution in [0.4, 0.5) is 0 Å². The van der Waals surface area contributed by atoms with Crippen molar-refractivity contribution in [2.24, 2.45) is 0 Å². The Hall–Kier alpha value is -2.01. The molecule has 22 heavy (non-hydrogen) atoms. The number of thioether (sulfide) groups is 1. The molecule has 0 atom stereocenters. The van der Waals surface area contributed by atoms with E-state index in [1.807, 2.05) is 37.3 Å². The molecule has 0 fully saturated rings. The number of benzene rings is 1. The van der Waals surface area contributed by atoms with Gasteiger partial charge in [-0.2, -0.15) is 0 Å². The van der Waals surface area contributed by atoms with Crippen LogP contribution in [0.5, 0.6) is 0 Å². The molecule has 1 aromatic carbocycles. The van der Waals surface area contributed by atoms with Crippen molar-refractivity contribution in [2.45, 2.75) is 31.2 Å². The van der Waals surface area contributed by atoms with Crippen molar-refractivity contribution in [3.8, 4) is 0 Å². The number of rotatable bonds is 8. The van der Waals surface area contributed by atoms with Crippen molar-refractivity contribution in [1.82, 2.24) is 5.32 Å². The van der Waals surface area contributed by atoms with Gasteiger partial charge in [-0.15, -0.1) is 11.8 Å². The molecule has 2 aromatic rings.